The van der Waals surface area contributed by atoms with Gasteiger partial charge in [-0.05, 0) is 31.9 Å². The van der Waals surface area contributed by atoms with Crippen LogP contribution in [0.2, 0.25) is 0 Å². The molecule has 0 saturated carbocycles. The molecule has 1 aliphatic rings. The van der Waals surface area contributed by atoms with Crippen molar-refractivity contribution in [1.82, 2.24) is 10.2 Å². The van der Waals surface area contributed by atoms with E-state index in [1.165, 1.54) is 6.92 Å². The van der Waals surface area contributed by atoms with E-state index in [0.717, 1.165) is 4.90 Å². The lowest BCUT2D eigenvalue weighted by Crippen LogP contribution is -2.48. The van der Waals surface area contributed by atoms with E-state index in [0.29, 0.717) is 36.9 Å². The third-order valence-electron chi connectivity index (χ3n) is 3.96. The number of benzene rings is 1. The molecule has 1 aromatic rings. The summed E-state index contributed by atoms with van der Waals surface area (Å²) in [4.78, 5) is 48.1. The molecule has 1 atom stereocenters. The summed E-state index contributed by atoms with van der Waals surface area (Å²) in [5, 5.41) is 11.2. The van der Waals surface area contributed by atoms with E-state index < -0.39 is 29.7 Å². The number of hydrogen-bond acceptors (Lipinski definition) is 4. The van der Waals surface area contributed by atoms with Gasteiger partial charge in [0.15, 0.2) is 0 Å². The van der Waals surface area contributed by atoms with Crippen LogP contribution in [-0.2, 0) is 9.59 Å². The summed E-state index contributed by atoms with van der Waals surface area (Å²) in [7, 11) is 0. The number of carboxylic acid groups (broad SMARTS) is 1. The molecule has 0 radical (unpaired) electrons. The number of rotatable bonds is 8. The first-order valence-corrected chi connectivity index (χ1v) is 7.90. The van der Waals surface area contributed by atoms with Crippen LogP contribution in [0, 0.1) is 0 Å². The molecule has 1 aliphatic heterocycles. The van der Waals surface area contributed by atoms with Gasteiger partial charge in [-0.15, -0.1) is 0 Å². The second-order valence-corrected chi connectivity index (χ2v) is 5.70. The minimum Gasteiger partial charge on any atom is -0.481 e. The topological polar surface area (TPSA) is 104 Å². The Kier molecular flexibility index (Phi) is 5.68. The zero-order valence-electron chi connectivity index (χ0n) is 13.4. The molecular formula is C17H20N2O5. The number of nitrogens with one attached hydrogen (secondary N) is 1. The van der Waals surface area contributed by atoms with Crippen molar-refractivity contribution in [2.75, 3.05) is 6.54 Å². The van der Waals surface area contributed by atoms with Crippen molar-refractivity contribution in [2.45, 2.75) is 38.6 Å². The summed E-state index contributed by atoms with van der Waals surface area (Å²) in [6, 6.07) is 5.60. The van der Waals surface area contributed by atoms with Crippen LogP contribution in [0.25, 0.3) is 0 Å². The summed E-state index contributed by atoms with van der Waals surface area (Å²) in [6.45, 7) is 1.90. The van der Waals surface area contributed by atoms with E-state index in [1.54, 1.807) is 24.3 Å². The Balaban J connectivity index is 1.85. The molecule has 128 valence electrons. The fraction of sp³-hybridized carbons (Fsp3) is 0.412. The molecule has 0 bridgehead atoms. The van der Waals surface area contributed by atoms with E-state index in [4.69, 9.17) is 5.11 Å². The molecule has 3 amide bonds. The Morgan fingerprint density at radius 1 is 1.08 bits per heavy atom. The minimum absolute atomic E-state index is 0.111. The third-order valence-corrected chi connectivity index (χ3v) is 3.96. The van der Waals surface area contributed by atoms with Crippen LogP contribution in [0.4, 0.5) is 0 Å². The zero-order chi connectivity index (χ0) is 17.7. The van der Waals surface area contributed by atoms with Gasteiger partial charge in [0.25, 0.3) is 11.8 Å². The van der Waals surface area contributed by atoms with Gasteiger partial charge in [-0.3, -0.25) is 24.1 Å². The van der Waals surface area contributed by atoms with Gasteiger partial charge in [-0.1, -0.05) is 18.6 Å². The Morgan fingerprint density at radius 2 is 1.67 bits per heavy atom. The summed E-state index contributed by atoms with van der Waals surface area (Å²) in [5.41, 5.74) is 0.631. The van der Waals surface area contributed by atoms with E-state index in [-0.39, 0.29) is 6.42 Å². The number of fused-ring (bicyclic) bond motifs is 1. The number of carbonyl (C=O) groups is 4. The Hall–Kier alpha value is -2.70. The first-order valence-electron chi connectivity index (χ1n) is 7.90. The van der Waals surface area contributed by atoms with Crippen molar-refractivity contribution >= 4 is 23.7 Å². The van der Waals surface area contributed by atoms with Crippen LogP contribution in [0.15, 0.2) is 24.3 Å². The predicted octanol–water partition coefficient (Wildman–Crippen LogP) is 1.43. The fourth-order valence-corrected chi connectivity index (χ4v) is 2.61. The molecule has 1 unspecified atom stereocenters. The number of unbranched alkanes of at least 4 members (excludes halogenated alkanes) is 2. The molecule has 1 aromatic carbocycles. The molecule has 0 spiro atoms. The van der Waals surface area contributed by atoms with Gasteiger partial charge >= 0.3 is 5.97 Å². The van der Waals surface area contributed by atoms with Gasteiger partial charge in [-0.2, -0.15) is 0 Å². The molecule has 24 heavy (non-hydrogen) atoms. The molecule has 2 N–H and O–H groups in total. The van der Waals surface area contributed by atoms with Gasteiger partial charge in [0.2, 0.25) is 5.91 Å². The van der Waals surface area contributed by atoms with Crippen molar-refractivity contribution in [2.24, 2.45) is 0 Å². The number of imide groups is 1. The summed E-state index contributed by atoms with van der Waals surface area (Å²) in [5.74, 6) is -2.15. The first kappa shape index (κ1) is 17.7. The standard InChI is InChI=1S/C17H20N2O5/c1-11(15(22)18-10-6-2-3-9-14(20)21)19-16(23)12-7-4-5-8-13(12)17(19)24/h4-5,7-8,11H,2-3,6,9-10H2,1H3,(H,18,22)(H,20,21). The van der Waals surface area contributed by atoms with Gasteiger partial charge in [0, 0.05) is 13.0 Å². The molecule has 0 aliphatic carbocycles. The number of hydrogen-bond donors (Lipinski definition) is 2. The maximum atomic E-state index is 12.3. The molecule has 7 heteroatoms. The second kappa shape index (κ2) is 7.72. The number of carbonyl (C=O) groups excluding carboxylic acids is 3. The Morgan fingerprint density at radius 3 is 2.21 bits per heavy atom. The minimum atomic E-state index is -0.892. The number of nitrogens with zero attached hydrogens (tertiary/aromatic N) is 1. The molecule has 0 saturated heterocycles. The Bertz CT molecular complexity index is 636. The summed E-state index contributed by atoms with van der Waals surface area (Å²) < 4.78 is 0. The highest BCUT2D eigenvalue weighted by Gasteiger charge is 2.40. The molecular weight excluding hydrogens is 312 g/mol. The Labute approximate surface area is 139 Å². The smallest absolute Gasteiger partial charge is 0.303 e. The second-order valence-electron chi connectivity index (χ2n) is 5.70. The van der Waals surface area contributed by atoms with Crippen molar-refractivity contribution in [3.63, 3.8) is 0 Å². The highest BCUT2D eigenvalue weighted by atomic mass is 16.4. The number of amides is 3. The van der Waals surface area contributed by atoms with Gasteiger partial charge < -0.3 is 10.4 Å². The highest BCUT2D eigenvalue weighted by molar-refractivity contribution is 6.22. The van der Waals surface area contributed by atoms with Crippen LogP contribution in [0.3, 0.4) is 0 Å². The van der Waals surface area contributed by atoms with Gasteiger partial charge in [0.1, 0.15) is 6.04 Å². The quantitative estimate of drug-likeness (QED) is 0.554. The van der Waals surface area contributed by atoms with Gasteiger partial charge in [0.05, 0.1) is 11.1 Å². The first-order chi connectivity index (χ1) is 11.4. The van der Waals surface area contributed by atoms with Crippen LogP contribution in [-0.4, -0.2) is 46.3 Å². The lowest BCUT2D eigenvalue weighted by Gasteiger charge is -2.21. The zero-order valence-corrected chi connectivity index (χ0v) is 13.4. The number of aliphatic carboxylic acids is 1. The average molecular weight is 332 g/mol. The number of carboxylic acids is 1. The molecule has 7 nitrogen and oxygen atoms in total. The van der Waals surface area contributed by atoms with Crippen LogP contribution < -0.4 is 5.32 Å². The van der Waals surface area contributed by atoms with Crippen molar-refractivity contribution in [3.05, 3.63) is 35.4 Å². The predicted molar refractivity (Wildman–Crippen MR) is 85.5 cm³/mol. The van der Waals surface area contributed by atoms with E-state index >= 15 is 0 Å². The molecule has 0 fully saturated rings. The van der Waals surface area contributed by atoms with E-state index in [9.17, 15) is 19.2 Å². The van der Waals surface area contributed by atoms with Crippen LogP contribution >= 0.6 is 0 Å². The van der Waals surface area contributed by atoms with Crippen molar-refractivity contribution < 1.29 is 24.3 Å². The van der Waals surface area contributed by atoms with Gasteiger partial charge in [-0.25, -0.2) is 0 Å². The molecule has 1 heterocycles. The van der Waals surface area contributed by atoms with E-state index in [1.807, 2.05) is 0 Å². The molecule has 2 rings (SSSR count). The van der Waals surface area contributed by atoms with Crippen molar-refractivity contribution in [1.29, 1.82) is 0 Å². The maximum absolute atomic E-state index is 12.3. The van der Waals surface area contributed by atoms with Crippen molar-refractivity contribution in [3.8, 4) is 0 Å². The summed E-state index contributed by atoms with van der Waals surface area (Å²) in [6.07, 6.45) is 2.00. The normalized spacial score (nSPS) is 14.5. The lowest BCUT2D eigenvalue weighted by molar-refractivity contribution is -0.137. The monoisotopic (exact) mass is 332 g/mol. The fourth-order valence-electron chi connectivity index (χ4n) is 2.61. The SMILES string of the molecule is CC(C(=O)NCCCCCC(=O)O)N1C(=O)c2ccccc2C1=O. The molecule has 0 aromatic heterocycles. The third kappa shape index (κ3) is 3.79. The largest absolute Gasteiger partial charge is 0.481 e. The van der Waals surface area contributed by atoms with Crippen LogP contribution in [0.5, 0.6) is 0 Å². The lowest BCUT2D eigenvalue weighted by atomic mass is 10.1. The maximum Gasteiger partial charge on any atom is 0.303 e. The highest BCUT2D eigenvalue weighted by Crippen LogP contribution is 2.24. The average Bonchev–Trinajstić information content (AvgIpc) is 2.81. The van der Waals surface area contributed by atoms with E-state index in [2.05, 4.69) is 5.32 Å². The van der Waals surface area contributed by atoms with Crippen LogP contribution in [0.1, 0.15) is 53.3 Å². The summed E-state index contributed by atoms with van der Waals surface area (Å²) >= 11 is 0.